The van der Waals surface area contributed by atoms with Gasteiger partial charge in [-0.3, -0.25) is 5.43 Å². The number of benzene rings is 1. The number of nitrogens with one attached hydrogen (secondary N) is 1. The van der Waals surface area contributed by atoms with Gasteiger partial charge in [-0.2, -0.15) is 5.10 Å². The Kier molecular flexibility index (Phi) is 4.80. The molecule has 2 heterocycles. The van der Waals surface area contributed by atoms with E-state index in [0.717, 1.165) is 18.9 Å². The second-order valence-electron chi connectivity index (χ2n) is 5.60. The van der Waals surface area contributed by atoms with Gasteiger partial charge in [0.05, 0.1) is 6.21 Å². The van der Waals surface area contributed by atoms with Crippen LogP contribution in [0.1, 0.15) is 30.7 Å². The highest BCUT2D eigenvalue weighted by Crippen LogP contribution is 2.20. The van der Waals surface area contributed by atoms with Crippen molar-refractivity contribution in [3.63, 3.8) is 0 Å². The van der Waals surface area contributed by atoms with Gasteiger partial charge in [-0.15, -0.1) is 0 Å². The molecule has 0 aliphatic carbocycles. The maximum absolute atomic E-state index is 13.5. The Labute approximate surface area is 135 Å². The molecule has 1 aliphatic rings. The average Bonchev–Trinajstić information content (AvgIpc) is 2.57. The third-order valence-electron chi connectivity index (χ3n) is 3.79. The van der Waals surface area contributed by atoms with E-state index in [9.17, 15) is 4.39 Å². The standard InChI is InChI=1S/C17H20FN5/c1-13-20-16(11-17(21-13)23-9-5-2-6-10-23)22-19-12-14-7-3-4-8-15(14)18/h3-4,7-8,11-12H,2,5-6,9-10H2,1H3,(H,20,21,22)/b19-12-. The number of nitrogens with zero attached hydrogens (tertiary/aromatic N) is 4. The van der Waals surface area contributed by atoms with E-state index < -0.39 is 0 Å². The van der Waals surface area contributed by atoms with Crippen molar-refractivity contribution in [2.24, 2.45) is 5.10 Å². The summed E-state index contributed by atoms with van der Waals surface area (Å²) in [7, 11) is 0. The molecule has 1 aromatic heterocycles. The zero-order valence-electron chi connectivity index (χ0n) is 13.2. The van der Waals surface area contributed by atoms with Crippen molar-refractivity contribution in [2.45, 2.75) is 26.2 Å². The molecule has 5 nitrogen and oxygen atoms in total. The molecule has 0 unspecified atom stereocenters. The number of hydrogen-bond donors (Lipinski definition) is 1. The third kappa shape index (κ3) is 4.03. The van der Waals surface area contributed by atoms with Crippen LogP contribution in [0.15, 0.2) is 35.4 Å². The van der Waals surface area contributed by atoms with Gasteiger partial charge in [0.1, 0.15) is 17.5 Å². The van der Waals surface area contributed by atoms with E-state index in [0.29, 0.717) is 17.2 Å². The molecular weight excluding hydrogens is 293 g/mol. The zero-order chi connectivity index (χ0) is 16.1. The molecule has 23 heavy (non-hydrogen) atoms. The van der Waals surface area contributed by atoms with Gasteiger partial charge in [-0.1, -0.05) is 18.2 Å². The first kappa shape index (κ1) is 15.4. The number of anilines is 2. The monoisotopic (exact) mass is 313 g/mol. The minimum Gasteiger partial charge on any atom is -0.356 e. The van der Waals surface area contributed by atoms with E-state index >= 15 is 0 Å². The molecule has 0 atom stereocenters. The van der Waals surface area contributed by atoms with Crippen LogP contribution in [0.5, 0.6) is 0 Å². The highest BCUT2D eigenvalue weighted by molar-refractivity contribution is 5.80. The highest BCUT2D eigenvalue weighted by Gasteiger charge is 2.13. The van der Waals surface area contributed by atoms with Gasteiger partial charge in [0.25, 0.3) is 0 Å². The van der Waals surface area contributed by atoms with Crippen molar-refractivity contribution in [1.82, 2.24) is 9.97 Å². The Balaban J connectivity index is 1.72. The summed E-state index contributed by atoms with van der Waals surface area (Å²) < 4.78 is 13.5. The smallest absolute Gasteiger partial charge is 0.152 e. The van der Waals surface area contributed by atoms with Crippen LogP contribution in [0.3, 0.4) is 0 Å². The Hall–Kier alpha value is -2.50. The van der Waals surface area contributed by atoms with Crippen LogP contribution >= 0.6 is 0 Å². The number of hydrogen-bond acceptors (Lipinski definition) is 5. The highest BCUT2D eigenvalue weighted by atomic mass is 19.1. The van der Waals surface area contributed by atoms with Crippen molar-refractivity contribution in [3.8, 4) is 0 Å². The first-order chi connectivity index (χ1) is 11.2. The van der Waals surface area contributed by atoms with Crippen LogP contribution in [-0.2, 0) is 0 Å². The molecule has 0 radical (unpaired) electrons. The van der Waals surface area contributed by atoms with Crippen molar-refractivity contribution in [2.75, 3.05) is 23.4 Å². The average molecular weight is 313 g/mol. The fraction of sp³-hybridized carbons (Fsp3) is 0.353. The van der Waals surface area contributed by atoms with Crippen molar-refractivity contribution < 1.29 is 4.39 Å². The first-order valence-corrected chi connectivity index (χ1v) is 7.86. The second kappa shape index (κ2) is 7.17. The summed E-state index contributed by atoms with van der Waals surface area (Å²) >= 11 is 0. The number of hydrazone groups is 1. The summed E-state index contributed by atoms with van der Waals surface area (Å²) in [5.41, 5.74) is 3.30. The molecule has 1 fully saturated rings. The topological polar surface area (TPSA) is 53.4 Å². The molecule has 0 spiro atoms. The lowest BCUT2D eigenvalue weighted by molar-refractivity contribution is 0.572. The lowest BCUT2D eigenvalue weighted by Gasteiger charge is -2.27. The SMILES string of the molecule is Cc1nc(N/N=C\c2ccccc2F)cc(N2CCCCC2)n1. The summed E-state index contributed by atoms with van der Waals surface area (Å²) in [6, 6.07) is 8.39. The van der Waals surface area contributed by atoms with E-state index in [-0.39, 0.29) is 5.82 Å². The molecular formula is C17H20FN5. The molecule has 1 aromatic carbocycles. The quantitative estimate of drug-likeness (QED) is 0.694. The minimum absolute atomic E-state index is 0.300. The van der Waals surface area contributed by atoms with Crippen molar-refractivity contribution in [1.29, 1.82) is 0 Å². The minimum atomic E-state index is -0.300. The molecule has 1 aliphatic heterocycles. The Morgan fingerprint density at radius 2 is 1.96 bits per heavy atom. The van der Waals surface area contributed by atoms with E-state index in [1.807, 2.05) is 13.0 Å². The van der Waals surface area contributed by atoms with Crippen molar-refractivity contribution >= 4 is 17.9 Å². The number of aryl methyl sites for hydroxylation is 1. The molecule has 1 N–H and O–H groups in total. The second-order valence-corrected chi connectivity index (χ2v) is 5.60. The fourth-order valence-corrected chi connectivity index (χ4v) is 2.64. The van der Waals surface area contributed by atoms with E-state index in [2.05, 4.69) is 25.4 Å². The van der Waals surface area contributed by atoms with Crippen LogP contribution in [0, 0.1) is 12.7 Å². The molecule has 0 saturated carbocycles. The van der Waals surface area contributed by atoms with E-state index in [1.165, 1.54) is 31.5 Å². The van der Waals surface area contributed by atoms with Gasteiger partial charge in [0.2, 0.25) is 0 Å². The van der Waals surface area contributed by atoms with Crippen LogP contribution in [0.4, 0.5) is 16.0 Å². The summed E-state index contributed by atoms with van der Waals surface area (Å²) in [4.78, 5) is 11.1. The fourth-order valence-electron chi connectivity index (χ4n) is 2.64. The van der Waals surface area contributed by atoms with Crippen molar-refractivity contribution in [3.05, 3.63) is 47.5 Å². The van der Waals surface area contributed by atoms with Gasteiger partial charge < -0.3 is 4.90 Å². The number of aromatic nitrogens is 2. The third-order valence-corrected chi connectivity index (χ3v) is 3.79. The summed E-state index contributed by atoms with van der Waals surface area (Å²) in [6.07, 6.45) is 5.11. The van der Waals surface area contributed by atoms with Gasteiger partial charge in [-0.05, 0) is 32.3 Å². The Morgan fingerprint density at radius 1 is 1.17 bits per heavy atom. The summed E-state index contributed by atoms with van der Waals surface area (Å²) in [5.74, 6) is 1.93. The van der Waals surface area contributed by atoms with Crippen LogP contribution in [-0.4, -0.2) is 29.3 Å². The largest absolute Gasteiger partial charge is 0.356 e. The predicted octanol–water partition coefficient (Wildman–Crippen LogP) is 3.36. The molecule has 120 valence electrons. The molecule has 3 rings (SSSR count). The maximum atomic E-state index is 13.5. The van der Waals surface area contributed by atoms with Crippen LogP contribution in [0.25, 0.3) is 0 Å². The van der Waals surface area contributed by atoms with Gasteiger partial charge in [0, 0.05) is 24.7 Å². The summed E-state index contributed by atoms with van der Waals surface area (Å²) in [5, 5.41) is 4.08. The molecule has 6 heteroatoms. The van der Waals surface area contributed by atoms with Crippen LogP contribution < -0.4 is 10.3 Å². The zero-order valence-corrected chi connectivity index (χ0v) is 13.2. The molecule has 0 bridgehead atoms. The predicted molar refractivity (Wildman–Crippen MR) is 90.4 cm³/mol. The van der Waals surface area contributed by atoms with E-state index in [1.54, 1.807) is 18.2 Å². The number of halogens is 1. The lowest BCUT2D eigenvalue weighted by Crippen LogP contribution is -2.30. The van der Waals surface area contributed by atoms with E-state index in [4.69, 9.17) is 0 Å². The van der Waals surface area contributed by atoms with Gasteiger partial charge >= 0.3 is 0 Å². The molecule has 2 aromatic rings. The molecule has 0 amide bonds. The Bertz CT molecular complexity index is 695. The summed E-state index contributed by atoms with van der Waals surface area (Å²) in [6.45, 7) is 3.90. The molecule has 1 saturated heterocycles. The number of rotatable bonds is 4. The maximum Gasteiger partial charge on any atom is 0.152 e. The first-order valence-electron chi connectivity index (χ1n) is 7.86. The number of piperidine rings is 1. The van der Waals surface area contributed by atoms with Crippen LogP contribution in [0.2, 0.25) is 0 Å². The Morgan fingerprint density at radius 3 is 2.74 bits per heavy atom. The van der Waals surface area contributed by atoms with Gasteiger partial charge in [-0.25, -0.2) is 14.4 Å². The normalized spacial score (nSPS) is 15.1. The lowest BCUT2D eigenvalue weighted by atomic mass is 10.1. The van der Waals surface area contributed by atoms with Gasteiger partial charge in [0.15, 0.2) is 5.82 Å².